The van der Waals surface area contributed by atoms with Crippen LogP contribution in [0, 0.1) is 0 Å². The van der Waals surface area contributed by atoms with Crippen molar-refractivity contribution in [2.45, 2.75) is 19.4 Å². The van der Waals surface area contributed by atoms with E-state index in [9.17, 15) is 4.79 Å². The zero-order valence-electron chi connectivity index (χ0n) is 16.1. The molecule has 0 saturated carbocycles. The summed E-state index contributed by atoms with van der Waals surface area (Å²) in [5.41, 5.74) is 8.30. The molecule has 1 atom stereocenters. The topological polar surface area (TPSA) is 58.8 Å². The number of amides is 1. The number of para-hydroxylation sites is 2. The molecule has 0 aromatic heterocycles. The van der Waals surface area contributed by atoms with Gasteiger partial charge in [-0.3, -0.25) is 4.79 Å². The molecule has 28 heavy (non-hydrogen) atoms. The Labute approximate surface area is 179 Å². The second-order valence-corrected chi connectivity index (χ2v) is 6.49. The predicted molar refractivity (Wildman–Crippen MR) is 119 cm³/mol. The lowest BCUT2D eigenvalue weighted by atomic mass is 10.0. The van der Waals surface area contributed by atoms with Gasteiger partial charge in [0.1, 0.15) is 5.75 Å². The summed E-state index contributed by atoms with van der Waals surface area (Å²) >= 11 is 0. The molecule has 1 heterocycles. The van der Waals surface area contributed by atoms with Gasteiger partial charge in [0, 0.05) is 38.6 Å². The lowest BCUT2D eigenvalue weighted by Gasteiger charge is -2.37. The lowest BCUT2D eigenvalue weighted by Crippen LogP contribution is -2.49. The van der Waals surface area contributed by atoms with Crippen LogP contribution >= 0.6 is 24.8 Å². The first-order valence-electron chi connectivity index (χ1n) is 9.24. The largest absolute Gasteiger partial charge is 0.492 e. The van der Waals surface area contributed by atoms with Crippen LogP contribution in [0.3, 0.4) is 0 Å². The van der Waals surface area contributed by atoms with Crippen molar-refractivity contribution in [3.8, 4) is 5.75 Å². The maximum Gasteiger partial charge on any atom is 0.224 e. The first-order chi connectivity index (χ1) is 12.7. The number of carbonyl (C=O) groups excluding carboxylic acids is 1. The highest BCUT2D eigenvalue weighted by Crippen LogP contribution is 2.29. The standard InChI is InChI=1S/C21H27N3O2.2ClH/c1-2-26-20-11-7-6-10-19(20)23-12-14-24(15-13-23)21(25)16-18(22)17-8-4-3-5-9-17;;/h3-11,18H,2,12-16,22H2,1H3;2*1H. The van der Waals surface area contributed by atoms with Crippen LogP contribution in [-0.4, -0.2) is 43.6 Å². The van der Waals surface area contributed by atoms with Crippen molar-refractivity contribution in [3.05, 3.63) is 60.2 Å². The van der Waals surface area contributed by atoms with Gasteiger partial charge in [-0.15, -0.1) is 24.8 Å². The van der Waals surface area contributed by atoms with E-state index < -0.39 is 0 Å². The van der Waals surface area contributed by atoms with Crippen molar-refractivity contribution >= 4 is 36.4 Å². The third-order valence-corrected chi connectivity index (χ3v) is 4.76. The van der Waals surface area contributed by atoms with Gasteiger partial charge in [-0.1, -0.05) is 42.5 Å². The van der Waals surface area contributed by atoms with Crippen molar-refractivity contribution in [2.75, 3.05) is 37.7 Å². The number of carbonyl (C=O) groups is 1. The van der Waals surface area contributed by atoms with Crippen molar-refractivity contribution in [1.29, 1.82) is 0 Å². The summed E-state index contributed by atoms with van der Waals surface area (Å²) in [7, 11) is 0. The maximum atomic E-state index is 12.6. The summed E-state index contributed by atoms with van der Waals surface area (Å²) in [6.07, 6.45) is 0.347. The minimum Gasteiger partial charge on any atom is -0.492 e. The molecule has 0 bridgehead atoms. The molecule has 1 saturated heterocycles. The molecular formula is C21H29Cl2N3O2. The maximum absolute atomic E-state index is 12.6. The fourth-order valence-corrected chi connectivity index (χ4v) is 3.33. The van der Waals surface area contributed by atoms with Gasteiger partial charge in [0.2, 0.25) is 5.91 Å². The molecule has 0 aliphatic carbocycles. The van der Waals surface area contributed by atoms with E-state index in [1.165, 1.54) is 0 Å². The number of piperazine rings is 1. The summed E-state index contributed by atoms with van der Waals surface area (Å²) in [6.45, 7) is 5.66. The van der Waals surface area contributed by atoms with Crippen LogP contribution in [0.15, 0.2) is 54.6 Å². The summed E-state index contributed by atoms with van der Waals surface area (Å²) in [6, 6.07) is 17.6. The monoisotopic (exact) mass is 425 g/mol. The van der Waals surface area contributed by atoms with E-state index in [-0.39, 0.29) is 36.8 Å². The Kier molecular flexibility index (Phi) is 10.1. The fraction of sp³-hybridized carbons (Fsp3) is 0.381. The molecular weight excluding hydrogens is 397 g/mol. The first-order valence-corrected chi connectivity index (χ1v) is 9.24. The molecule has 1 amide bonds. The lowest BCUT2D eigenvalue weighted by molar-refractivity contribution is -0.131. The highest BCUT2D eigenvalue weighted by molar-refractivity contribution is 5.85. The van der Waals surface area contributed by atoms with Gasteiger partial charge in [0.05, 0.1) is 12.3 Å². The molecule has 0 spiro atoms. The number of anilines is 1. The Balaban J connectivity index is 0.00000196. The van der Waals surface area contributed by atoms with Gasteiger partial charge in [0.25, 0.3) is 0 Å². The minimum absolute atomic E-state index is 0. The number of benzene rings is 2. The van der Waals surface area contributed by atoms with E-state index in [2.05, 4.69) is 11.0 Å². The highest BCUT2D eigenvalue weighted by Gasteiger charge is 2.24. The van der Waals surface area contributed by atoms with Crippen molar-refractivity contribution < 1.29 is 9.53 Å². The molecule has 1 aliphatic rings. The van der Waals surface area contributed by atoms with Crippen LogP contribution in [0.4, 0.5) is 5.69 Å². The van der Waals surface area contributed by atoms with Gasteiger partial charge >= 0.3 is 0 Å². The normalized spacial score (nSPS) is 14.5. The summed E-state index contributed by atoms with van der Waals surface area (Å²) in [4.78, 5) is 16.8. The molecule has 5 nitrogen and oxygen atoms in total. The van der Waals surface area contributed by atoms with Crippen LogP contribution < -0.4 is 15.4 Å². The molecule has 0 radical (unpaired) electrons. The van der Waals surface area contributed by atoms with Crippen molar-refractivity contribution in [1.82, 2.24) is 4.90 Å². The van der Waals surface area contributed by atoms with Crippen molar-refractivity contribution in [2.24, 2.45) is 5.73 Å². The summed E-state index contributed by atoms with van der Waals surface area (Å²) < 4.78 is 5.73. The summed E-state index contributed by atoms with van der Waals surface area (Å²) in [5, 5.41) is 0. The molecule has 2 aromatic rings. The number of ether oxygens (including phenoxy) is 1. The van der Waals surface area contributed by atoms with E-state index in [1.54, 1.807) is 0 Å². The Morgan fingerprint density at radius 2 is 1.61 bits per heavy atom. The zero-order valence-corrected chi connectivity index (χ0v) is 17.8. The average Bonchev–Trinajstić information content (AvgIpc) is 2.69. The SMILES string of the molecule is CCOc1ccccc1N1CCN(C(=O)CC(N)c2ccccc2)CC1.Cl.Cl. The van der Waals surface area contributed by atoms with Crippen LogP contribution in [0.1, 0.15) is 24.9 Å². The molecule has 2 N–H and O–H groups in total. The molecule has 1 aliphatic heterocycles. The van der Waals surface area contributed by atoms with E-state index in [0.29, 0.717) is 26.1 Å². The number of hydrogen-bond donors (Lipinski definition) is 1. The number of nitrogens with zero attached hydrogens (tertiary/aromatic N) is 2. The van der Waals surface area contributed by atoms with Crippen LogP contribution in [0.25, 0.3) is 0 Å². The van der Waals surface area contributed by atoms with Crippen LogP contribution in [-0.2, 0) is 4.79 Å². The molecule has 154 valence electrons. The van der Waals surface area contributed by atoms with Crippen LogP contribution in [0.2, 0.25) is 0 Å². The first kappa shape index (κ1) is 24.1. The third kappa shape index (κ3) is 6.03. The van der Waals surface area contributed by atoms with Gasteiger partial charge in [-0.05, 0) is 24.6 Å². The van der Waals surface area contributed by atoms with Gasteiger partial charge in [-0.25, -0.2) is 0 Å². The van der Waals surface area contributed by atoms with E-state index in [0.717, 1.165) is 30.1 Å². The number of halogens is 2. The molecule has 1 fully saturated rings. The average molecular weight is 426 g/mol. The van der Waals surface area contributed by atoms with E-state index >= 15 is 0 Å². The predicted octanol–water partition coefficient (Wildman–Crippen LogP) is 3.67. The van der Waals surface area contributed by atoms with Crippen molar-refractivity contribution in [3.63, 3.8) is 0 Å². The fourth-order valence-electron chi connectivity index (χ4n) is 3.33. The molecule has 3 rings (SSSR count). The summed E-state index contributed by atoms with van der Waals surface area (Å²) in [5.74, 6) is 1.03. The van der Waals surface area contributed by atoms with E-state index in [4.69, 9.17) is 10.5 Å². The van der Waals surface area contributed by atoms with Gasteiger partial charge in [0.15, 0.2) is 0 Å². The van der Waals surface area contributed by atoms with Gasteiger partial charge < -0.3 is 20.3 Å². The molecule has 7 heteroatoms. The number of hydrogen-bond acceptors (Lipinski definition) is 4. The quantitative estimate of drug-likeness (QED) is 0.766. The minimum atomic E-state index is -0.250. The highest BCUT2D eigenvalue weighted by atomic mass is 35.5. The Morgan fingerprint density at radius 3 is 2.25 bits per heavy atom. The smallest absolute Gasteiger partial charge is 0.224 e. The Bertz CT molecular complexity index is 723. The van der Waals surface area contributed by atoms with Gasteiger partial charge in [-0.2, -0.15) is 0 Å². The zero-order chi connectivity index (χ0) is 18.4. The molecule has 1 unspecified atom stereocenters. The second-order valence-electron chi connectivity index (χ2n) is 6.49. The third-order valence-electron chi connectivity index (χ3n) is 4.76. The Hall–Kier alpha value is -1.95. The Morgan fingerprint density at radius 1 is 1.00 bits per heavy atom. The number of rotatable bonds is 6. The second kappa shape index (κ2) is 11.8. The van der Waals surface area contributed by atoms with Crippen LogP contribution in [0.5, 0.6) is 5.75 Å². The number of nitrogens with two attached hydrogens (primary N) is 1. The van der Waals surface area contributed by atoms with E-state index in [1.807, 2.05) is 60.4 Å². The molecule has 2 aromatic carbocycles.